The third-order valence-corrected chi connectivity index (χ3v) is 8.61. The molecule has 206 valence electrons. The summed E-state index contributed by atoms with van der Waals surface area (Å²) in [4.78, 5) is 15.0. The van der Waals surface area contributed by atoms with Gasteiger partial charge in [-0.15, -0.1) is 0 Å². The third kappa shape index (κ3) is 5.87. The van der Waals surface area contributed by atoms with E-state index in [0.29, 0.717) is 36.7 Å². The van der Waals surface area contributed by atoms with Gasteiger partial charge in [0.05, 0.1) is 10.5 Å². The van der Waals surface area contributed by atoms with Crippen LogP contribution in [0.5, 0.6) is 11.5 Å². The first-order chi connectivity index (χ1) is 18.5. The van der Waals surface area contributed by atoms with Gasteiger partial charge in [-0.25, -0.2) is 8.42 Å². The van der Waals surface area contributed by atoms with Crippen molar-refractivity contribution in [2.75, 3.05) is 38.3 Å². The van der Waals surface area contributed by atoms with Crippen LogP contribution in [0.4, 0.5) is 18.9 Å². The number of hydrogen-bond donors (Lipinski definition) is 1. The Morgan fingerprint density at radius 2 is 1.69 bits per heavy atom. The second-order valence-corrected chi connectivity index (χ2v) is 11.3. The minimum atomic E-state index is -4.56. The number of sulfonamides is 1. The lowest BCUT2D eigenvalue weighted by atomic mass is 10.1. The van der Waals surface area contributed by atoms with Crippen LogP contribution in [0.15, 0.2) is 65.6 Å². The summed E-state index contributed by atoms with van der Waals surface area (Å²) in [6, 6.07) is 14.2. The smallest absolute Gasteiger partial charge is 0.416 e. The zero-order valence-corrected chi connectivity index (χ0v) is 21.8. The van der Waals surface area contributed by atoms with Crippen molar-refractivity contribution in [3.05, 3.63) is 82.9 Å². The molecule has 0 spiro atoms. The van der Waals surface area contributed by atoms with Gasteiger partial charge in [-0.1, -0.05) is 18.2 Å². The van der Waals surface area contributed by atoms with E-state index in [9.17, 15) is 26.4 Å². The van der Waals surface area contributed by atoms with Gasteiger partial charge in [0, 0.05) is 44.0 Å². The van der Waals surface area contributed by atoms with Gasteiger partial charge in [-0.3, -0.25) is 9.69 Å². The van der Waals surface area contributed by atoms with Gasteiger partial charge in [0.15, 0.2) is 11.5 Å². The summed E-state index contributed by atoms with van der Waals surface area (Å²) in [7, 11) is -3.90. The third-order valence-electron chi connectivity index (χ3n) is 6.71. The first-order valence-electron chi connectivity index (χ1n) is 12.2. The van der Waals surface area contributed by atoms with Crippen molar-refractivity contribution in [2.24, 2.45) is 0 Å². The zero-order valence-electron chi connectivity index (χ0n) is 21.0. The molecule has 0 atom stereocenters. The topological polar surface area (TPSA) is 88.2 Å². The van der Waals surface area contributed by atoms with Gasteiger partial charge in [-0.2, -0.15) is 17.5 Å². The van der Waals surface area contributed by atoms with Crippen LogP contribution >= 0.6 is 0 Å². The number of hydrogen-bond acceptors (Lipinski definition) is 6. The molecule has 5 rings (SSSR count). The average Bonchev–Trinajstić information content (AvgIpc) is 3.37. The first kappa shape index (κ1) is 27.0. The Morgan fingerprint density at radius 3 is 2.44 bits per heavy atom. The number of amides is 1. The Balaban J connectivity index is 1.26. The molecule has 12 heteroatoms. The van der Waals surface area contributed by atoms with Crippen LogP contribution in [0.3, 0.4) is 0 Å². The van der Waals surface area contributed by atoms with Gasteiger partial charge in [0.1, 0.15) is 0 Å². The van der Waals surface area contributed by atoms with E-state index in [1.165, 1.54) is 34.6 Å². The Morgan fingerprint density at radius 1 is 0.949 bits per heavy atom. The first-order valence-corrected chi connectivity index (χ1v) is 13.6. The maximum atomic E-state index is 13.4. The number of ether oxygens (including phenoxy) is 2. The maximum Gasteiger partial charge on any atom is 0.416 e. The molecule has 39 heavy (non-hydrogen) atoms. The number of piperazine rings is 1. The van der Waals surface area contributed by atoms with Gasteiger partial charge < -0.3 is 14.8 Å². The number of carbonyl (C=O) groups is 1. The van der Waals surface area contributed by atoms with Crippen molar-refractivity contribution in [1.29, 1.82) is 0 Å². The second-order valence-electron chi connectivity index (χ2n) is 9.38. The molecule has 2 aliphatic heterocycles. The van der Waals surface area contributed by atoms with Crippen molar-refractivity contribution >= 4 is 21.6 Å². The minimum absolute atomic E-state index is 0.0407. The number of alkyl halides is 3. The van der Waals surface area contributed by atoms with E-state index in [1.807, 2.05) is 18.2 Å². The summed E-state index contributed by atoms with van der Waals surface area (Å²) in [5.41, 5.74) is 0.652. The zero-order chi connectivity index (χ0) is 27.8. The predicted octanol–water partition coefficient (Wildman–Crippen LogP) is 4.50. The summed E-state index contributed by atoms with van der Waals surface area (Å²) >= 11 is 0. The maximum absolute atomic E-state index is 13.4. The molecule has 1 N–H and O–H groups in total. The summed E-state index contributed by atoms with van der Waals surface area (Å²) in [6.07, 6.45) is -4.56. The van der Waals surface area contributed by atoms with Gasteiger partial charge >= 0.3 is 6.18 Å². The normalized spacial score (nSPS) is 16.3. The Labute approximate surface area is 224 Å². The second kappa shape index (κ2) is 10.5. The molecule has 2 aliphatic rings. The SMILES string of the molecule is Cc1ccc(S(=O)(=O)N2CCN(Cc3ccc4c(c3)OCO4)CC2)cc1C(=O)Nc1cccc(C(F)(F)F)c1. The van der Waals surface area contributed by atoms with Crippen LogP contribution in [0.1, 0.15) is 27.0 Å². The lowest BCUT2D eigenvalue weighted by Gasteiger charge is -2.34. The van der Waals surface area contributed by atoms with E-state index in [4.69, 9.17) is 9.47 Å². The molecule has 1 saturated heterocycles. The highest BCUT2D eigenvalue weighted by molar-refractivity contribution is 7.89. The largest absolute Gasteiger partial charge is 0.454 e. The highest BCUT2D eigenvalue weighted by Gasteiger charge is 2.31. The monoisotopic (exact) mass is 561 g/mol. The number of carbonyl (C=O) groups excluding carboxylic acids is 1. The Bertz CT molecular complexity index is 1500. The number of rotatable bonds is 6. The number of nitrogens with zero attached hydrogens (tertiary/aromatic N) is 2. The molecule has 3 aromatic rings. The molecule has 8 nitrogen and oxygen atoms in total. The highest BCUT2D eigenvalue weighted by atomic mass is 32.2. The molecule has 1 fully saturated rings. The van der Waals surface area contributed by atoms with Crippen molar-refractivity contribution in [3.8, 4) is 11.5 Å². The number of benzene rings is 3. The highest BCUT2D eigenvalue weighted by Crippen LogP contribution is 2.33. The van der Waals surface area contributed by atoms with Crippen LogP contribution in [-0.4, -0.2) is 56.5 Å². The fourth-order valence-electron chi connectivity index (χ4n) is 4.55. The summed E-state index contributed by atoms with van der Waals surface area (Å²) < 4.78 is 78.1. The molecule has 0 bridgehead atoms. The number of nitrogens with one attached hydrogen (secondary N) is 1. The summed E-state index contributed by atoms with van der Waals surface area (Å²) in [5, 5.41) is 2.44. The average molecular weight is 562 g/mol. The lowest BCUT2D eigenvalue weighted by molar-refractivity contribution is -0.137. The fourth-order valence-corrected chi connectivity index (χ4v) is 6.00. The molecule has 2 heterocycles. The van der Waals surface area contributed by atoms with Gasteiger partial charge in [0.2, 0.25) is 16.8 Å². The number of anilines is 1. The minimum Gasteiger partial charge on any atom is -0.454 e. The van der Waals surface area contributed by atoms with E-state index in [-0.39, 0.29) is 36.0 Å². The summed E-state index contributed by atoms with van der Waals surface area (Å²) in [6.45, 7) is 4.04. The molecule has 0 saturated carbocycles. The van der Waals surface area contributed by atoms with Gasteiger partial charge in [-0.05, 0) is 60.5 Å². The van der Waals surface area contributed by atoms with Crippen molar-refractivity contribution < 1.29 is 35.9 Å². The molecule has 1 amide bonds. The molecule has 0 aromatic heterocycles. The summed E-state index contributed by atoms with van der Waals surface area (Å²) in [5.74, 6) is 0.703. The van der Waals surface area contributed by atoms with E-state index in [2.05, 4.69) is 10.2 Å². The van der Waals surface area contributed by atoms with Crippen LogP contribution < -0.4 is 14.8 Å². The van der Waals surface area contributed by atoms with Crippen LogP contribution in [0.2, 0.25) is 0 Å². The lowest BCUT2D eigenvalue weighted by Crippen LogP contribution is -2.48. The van der Waals surface area contributed by atoms with Crippen LogP contribution in [-0.2, 0) is 22.7 Å². The fraction of sp³-hybridized carbons (Fsp3) is 0.296. The number of halogens is 3. The van der Waals surface area contributed by atoms with E-state index >= 15 is 0 Å². The molecule has 0 radical (unpaired) electrons. The quantitative estimate of drug-likeness (QED) is 0.477. The van der Waals surface area contributed by atoms with Crippen LogP contribution in [0, 0.1) is 6.92 Å². The number of aryl methyl sites for hydroxylation is 1. The molecule has 0 unspecified atom stereocenters. The Kier molecular flexibility index (Phi) is 7.27. The van der Waals surface area contributed by atoms with Gasteiger partial charge in [0.25, 0.3) is 5.91 Å². The van der Waals surface area contributed by atoms with E-state index in [0.717, 1.165) is 17.7 Å². The van der Waals surface area contributed by atoms with E-state index in [1.54, 1.807) is 6.92 Å². The Hall–Kier alpha value is -3.61. The molecule has 3 aromatic carbocycles. The van der Waals surface area contributed by atoms with Crippen molar-refractivity contribution in [2.45, 2.75) is 24.5 Å². The van der Waals surface area contributed by atoms with Crippen molar-refractivity contribution in [3.63, 3.8) is 0 Å². The molecule has 0 aliphatic carbocycles. The number of fused-ring (bicyclic) bond motifs is 1. The van der Waals surface area contributed by atoms with Crippen molar-refractivity contribution in [1.82, 2.24) is 9.21 Å². The standard InChI is InChI=1S/C27H26F3N3O5S/c1-18-5-7-22(15-23(18)26(34)31-21-4-2-3-20(14-21)27(28,29)30)39(35,36)33-11-9-32(10-12-33)16-19-6-8-24-25(13-19)38-17-37-24/h2-8,13-15H,9-12,16-17H2,1H3,(H,31,34). The van der Waals surface area contributed by atoms with Crippen LogP contribution in [0.25, 0.3) is 0 Å². The molecular formula is C27H26F3N3O5S. The predicted molar refractivity (Wildman–Crippen MR) is 137 cm³/mol. The molecular weight excluding hydrogens is 535 g/mol. The van der Waals surface area contributed by atoms with E-state index < -0.39 is 27.7 Å².